The van der Waals surface area contributed by atoms with Crippen LogP contribution >= 0.6 is 11.8 Å². The smallest absolute Gasteiger partial charge is 0.234 e. The number of hydrogen-bond acceptors (Lipinski definition) is 5. The van der Waals surface area contributed by atoms with Crippen LogP contribution in [-0.2, 0) is 10.5 Å². The lowest BCUT2D eigenvalue weighted by atomic mass is 10.1. The minimum absolute atomic E-state index is 0.0713. The van der Waals surface area contributed by atoms with Gasteiger partial charge in [0.1, 0.15) is 5.75 Å². The molecule has 6 nitrogen and oxygen atoms in total. The fourth-order valence-corrected chi connectivity index (χ4v) is 3.74. The number of rotatable bonds is 7. The monoisotopic (exact) mass is 404 g/mol. The lowest BCUT2D eigenvalue weighted by molar-refractivity contribution is -0.113. The molecule has 0 aliphatic carbocycles. The van der Waals surface area contributed by atoms with Gasteiger partial charge < -0.3 is 10.1 Å². The molecule has 0 unspecified atom stereocenters. The van der Waals surface area contributed by atoms with Gasteiger partial charge in [-0.25, -0.2) is 9.97 Å². The molecule has 29 heavy (non-hydrogen) atoms. The standard InChI is InChI=1S/C22H20N4O2S/c1-28-20-9-8-17(19-13-26-11-5-10-23-22(26)25-19)12-18(20)24-21(27)15-29-14-16-6-3-2-4-7-16/h2-13H,14-15H2,1H3,(H,24,27). The van der Waals surface area contributed by atoms with E-state index in [9.17, 15) is 4.79 Å². The largest absolute Gasteiger partial charge is 0.495 e. The Bertz CT molecular complexity index is 1100. The Morgan fingerprint density at radius 3 is 2.83 bits per heavy atom. The number of carbonyl (C=O) groups is 1. The van der Waals surface area contributed by atoms with Gasteiger partial charge in [-0.15, -0.1) is 11.8 Å². The summed E-state index contributed by atoms with van der Waals surface area (Å²) >= 11 is 1.57. The number of amides is 1. The van der Waals surface area contributed by atoms with Gasteiger partial charge in [0, 0.05) is 29.9 Å². The molecule has 1 amide bonds. The van der Waals surface area contributed by atoms with Crippen molar-refractivity contribution in [2.45, 2.75) is 5.75 Å². The summed E-state index contributed by atoms with van der Waals surface area (Å²) in [5, 5.41) is 2.96. The van der Waals surface area contributed by atoms with Gasteiger partial charge >= 0.3 is 0 Å². The molecule has 4 aromatic rings. The maximum atomic E-state index is 12.4. The van der Waals surface area contributed by atoms with E-state index in [1.807, 2.05) is 59.3 Å². The second-order valence-corrected chi connectivity index (χ2v) is 7.38. The molecule has 0 saturated carbocycles. The van der Waals surface area contributed by atoms with Crippen LogP contribution in [0.25, 0.3) is 17.0 Å². The van der Waals surface area contributed by atoms with Crippen molar-refractivity contribution in [1.82, 2.24) is 14.4 Å². The molecule has 0 aliphatic rings. The molecule has 2 aromatic carbocycles. The van der Waals surface area contributed by atoms with E-state index in [0.717, 1.165) is 17.0 Å². The van der Waals surface area contributed by atoms with Crippen molar-refractivity contribution in [2.24, 2.45) is 0 Å². The van der Waals surface area contributed by atoms with Crippen LogP contribution in [0, 0.1) is 0 Å². The summed E-state index contributed by atoms with van der Waals surface area (Å²) in [6.45, 7) is 0. The average Bonchev–Trinajstić information content (AvgIpc) is 3.19. The first-order chi connectivity index (χ1) is 14.2. The summed E-state index contributed by atoms with van der Waals surface area (Å²) in [5.74, 6) is 2.32. The molecule has 0 bridgehead atoms. The van der Waals surface area contributed by atoms with Crippen molar-refractivity contribution in [3.8, 4) is 17.0 Å². The molecule has 2 heterocycles. The van der Waals surface area contributed by atoms with E-state index in [1.54, 1.807) is 25.1 Å². The lowest BCUT2D eigenvalue weighted by Gasteiger charge is -2.11. The van der Waals surface area contributed by atoms with Crippen LogP contribution in [0.1, 0.15) is 5.56 Å². The normalized spacial score (nSPS) is 10.8. The molecule has 146 valence electrons. The number of nitrogens with one attached hydrogen (secondary N) is 1. The first kappa shape index (κ1) is 19.0. The van der Waals surface area contributed by atoms with Crippen LogP contribution in [0.15, 0.2) is 73.2 Å². The van der Waals surface area contributed by atoms with Crippen LogP contribution in [-0.4, -0.2) is 33.1 Å². The highest BCUT2D eigenvalue weighted by atomic mass is 32.2. The molecular formula is C22H20N4O2S. The number of anilines is 1. The number of fused-ring (bicyclic) bond motifs is 1. The van der Waals surface area contributed by atoms with Gasteiger partial charge in [-0.1, -0.05) is 30.3 Å². The number of imidazole rings is 1. The summed E-state index contributed by atoms with van der Waals surface area (Å²) < 4.78 is 7.27. The highest BCUT2D eigenvalue weighted by Crippen LogP contribution is 2.30. The van der Waals surface area contributed by atoms with Crippen molar-refractivity contribution in [2.75, 3.05) is 18.2 Å². The van der Waals surface area contributed by atoms with Crippen molar-refractivity contribution in [3.63, 3.8) is 0 Å². The summed E-state index contributed by atoms with van der Waals surface area (Å²) in [7, 11) is 1.59. The van der Waals surface area contributed by atoms with E-state index in [2.05, 4.69) is 27.4 Å². The third kappa shape index (κ3) is 4.57. The lowest BCUT2D eigenvalue weighted by Crippen LogP contribution is -2.15. The number of aromatic nitrogens is 3. The molecule has 0 fully saturated rings. The zero-order valence-corrected chi connectivity index (χ0v) is 16.7. The fraction of sp³-hybridized carbons (Fsp3) is 0.136. The molecule has 0 saturated heterocycles. The number of ether oxygens (including phenoxy) is 1. The Hall–Kier alpha value is -3.32. The van der Waals surface area contributed by atoms with Gasteiger partial charge in [0.05, 0.1) is 24.2 Å². The predicted molar refractivity (Wildman–Crippen MR) is 116 cm³/mol. The van der Waals surface area contributed by atoms with Crippen LogP contribution in [0.3, 0.4) is 0 Å². The molecule has 4 rings (SSSR count). The van der Waals surface area contributed by atoms with E-state index in [0.29, 0.717) is 23.0 Å². The first-order valence-corrected chi connectivity index (χ1v) is 10.3. The van der Waals surface area contributed by atoms with Crippen LogP contribution in [0.2, 0.25) is 0 Å². The average molecular weight is 404 g/mol. The SMILES string of the molecule is COc1ccc(-c2cn3cccnc3n2)cc1NC(=O)CSCc1ccccc1. The van der Waals surface area contributed by atoms with Crippen molar-refractivity contribution >= 4 is 29.1 Å². The second kappa shape index (κ2) is 8.79. The van der Waals surface area contributed by atoms with Crippen molar-refractivity contribution in [3.05, 3.63) is 78.8 Å². The molecule has 1 N–H and O–H groups in total. The van der Waals surface area contributed by atoms with E-state index in [4.69, 9.17) is 4.74 Å². The third-order valence-electron chi connectivity index (χ3n) is 4.35. The summed E-state index contributed by atoms with van der Waals surface area (Å²) in [5.41, 5.74) is 3.48. The molecule has 0 atom stereocenters. The minimum atomic E-state index is -0.0713. The van der Waals surface area contributed by atoms with Gasteiger partial charge in [0.2, 0.25) is 11.7 Å². The van der Waals surface area contributed by atoms with Crippen molar-refractivity contribution < 1.29 is 9.53 Å². The number of benzene rings is 2. The highest BCUT2D eigenvalue weighted by molar-refractivity contribution is 7.99. The molecule has 7 heteroatoms. The van der Waals surface area contributed by atoms with Gasteiger partial charge in [-0.05, 0) is 29.8 Å². The van der Waals surface area contributed by atoms with Crippen LogP contribution in [0.5, 0.6) is 5.75 Å². The van der Waals surface area contributed by atoms with Gasteiger partial charge in [-0.3, -0.25) is 9.20 Å². The summed E-state index contributed by atoms with van der Waals surface area (Å²) in [6, 6.07) is 17.6. The Morgan fingerprint density at radius 2 is 2.03 bits per heavy atom. The summed E-state index contributed by atoms with van der Waals surface area (Å²) in [4.78, 5) is 21.2. The van der Waals surface area contributed by atoms with Gasteiger partial charge in [-0.2, -0.15) is 0 Å². The van der Waals surface area contributed by atoms with E-state index in [1.165, 1.54) is 5.56 Å². The Balaban J connectivity index is 1.47. The van der Waals surface area contributed by atoms with Gasteiger partial charge in [0.15, 0.2) is 0 Å². The molecular weight excluding hydrogens is 384 g/mol. The zero-order chi connectivity index (χ0) is 20.1. The molecule has 0 aliphatic heterocycles. The predicted octanol–water partition coefficient (Wildman–Crippen LogP) is 4.28. The number of hydrogen-bond donors (Lipinski definition) is 1. The van der Waals surface area contributed by atoms with Crippen molar-refractivity contribution in [1.29, 1.82) is 0 Å². The zero-order valence-electron chi connectivity index (χ0n) is 15.9. The quantitative estimate of drug-likeness (QED) is 0.498. The molecule has 0 radical (unpaired) electrons. The fourth-order valence-electron chi connectivity index (χ4n) is 2.96. The molecule has 0 spiro atoms. The Labute approximate surface area is 173 Å². The second-order valence-electron chi connectivity index (χ2n) is 6.39. The number of carbonyl (C=O) groups excluding carboxylic acids is 1. The van der Waals surface area contributed by atoms with Gasteiger partial charge in [0.25, 0.3) is 0 Å². The van der Waals surface area contributed by atoms with Crippen LogP contribution < -0.4 is 10.1 Å². The topological polar surface area (TPSA) is 68.5 Å². The van der Waals surface area contributed by atoms with Crippen LogP contribution in [0.4, 0.5) is 5.69 Å². The number of thioether (sulfide) groups is 1. The van der Waals surface area contributed by atoms with E-state index >= 15 is 0 Å². The number of methoxy groups -OCH3 is 1. The maximum Gasteiger partial charge on any atom is 0.234 e. The van der Waals surface area contributed by atoms with E-state index < -0.39 is 0 Å². The summed E-state index contributed by atoms with van der Waals surface area (Å²) in [6.07, 6.45) is 5.51. The Kier molecular flexibility index (Phi) is 5.76. The van der Waals surface area contributed by atoms with E-state index in [-0.39, 0.29) is 5.91 Å². The highest BCUT2D eigenvalue weighted by Gasteiger charge is 2.12. The molecule has 2 aromatic heterocycles. The number of nitrogens with zero attached hydrogens (tertiary/aromatic N) is 3. The third-order valence-corrected chi connectivity index (χ3v) is 5.35. The minimum Gasteiger partial charge on any atom is -0.495 e. The first-order valence-electron chi connectivity index (χ1n) is 9.12. The Morgan fingerprint density at radius 1 is 1.17 bits per heavy atom. The maximum absolute atomic E-state index is 12.4.